The van der Waals surface area contributed by atoms with E-state index in [1.807, 2.05) is 11.3 Å². The molecule has 0 saturated heterocycles. The van der Waals surface area contributed by atoms with E-state index in [1.165, 1.54) is 58.9 Å². The summed E-state index contributed by atoms with van der Waals surface area (Å²) in [5, 5.41) is 7.15. The van der Waals surface area contributed by atoms with Crippen LogP contribution in [-0.4, -0.2) is 0 Å². The minimum Gasteiger partial charge on any atom is -0.455 e. The van der Waals surface area contributed by atoms with Crippen LogP contribution in [-0.2, 0) is 5.41 Å². The summed E-state index contributed by atoms with van der Waals surface area (Å²) in [6.07, 6.45) is 0. The molecule has 12 rings (SSSR count). The fourth-order valence-electron chi connectivity index (χ4n) is 9.70. The van der Waals surface area contributed by atoms with Crippen molar-refractivity contribution < 1.29 is 4.42 Å². The van der Waals surface area contributed by atoms with Crippen molar-refractivity contribution in [1.82, 2.24) is 0 Å². The van der Waals surface area contributed by atoms with E-state index in [-0.39, 0.29) is 5.41 Å². The molecule has 0 radical (unpaired) electrons. The summed E-state index contributed by atoms with van der Waals surface area (Å²) >= 11 is 1.85. The van der Waals surface area contributed by atoms with Crippen molar-refractivity contribution >= 4 is 81.3 Å². The minimum absolute atomic E-state index is 0.0445. The van der Waals surface area contributed by atoms with Crippen molar-refractivity contribution in [2.45, 2.75) is 19.3 Å². The second kappa shape index (κ2) is 12.5. The normalized spacial score (nSPS) is 13.1. The van der Waals surface area contributed by atoms with Gasteiger partial charge in [0.2, 0.25) is 0 Å². The lowest BCUT2D eigenvalue weighted by Crippen LogP contribution is -2.14. The topological polar surface area (TPSA) is 16.4 Å². The van der Waals surface area contributed by atoms with Crippen molar-refractivity contribution in [2.75, 3.05) is 4.90 Å². The predicted molar refractivity (Wildman–Crippen MR) is 247 cm³/mol. The number of furan rings is 1. The molecule has 0 unspecified atom stereocenters. The number of anilines is 3. The zero-order valence-electron chi connectivity index (χ0n) is 32.2. The maximum Gasteiger partial charge on any atom is 0.143 e. The van der Waals surface area contributed by atoms with E-state index in [0.717, 1.165) is 55.5 Å². The minimum atomic E-state index is -0.0445. The Balaban J connectivity index is 1.00. The van der Waals surface area contributed by atoms with Gasteiger partial charge < -0.3 is 9.32 Å². The first-order valence-corrected chi connectivity index (χ1v) is 20.8. The van der Waals surface area contributed by atoms with Gasteiger partial charge in [-0.2, -0.15) is 0 Å². The standard InChI is InChI=1S/C55H37NOS/c1-55(2)46-19-7-5-14-44(46)51-39(16-10-20-47(51)55)35-24-29-37(30-25-35)56(48-21-11-23-50-52(48)45-15-6-8-22-49(45)58-50)38-31-26-36(27-32-38)41-17-9-18-42-43-33-28-34-12-3-4-13-40(34)54(43)57-53(41)42/h3-33H,1-2H3. The molecule has 0 bridgehead atoms. The maximum atomic E-state index is 6.74. The van der Waals surface area contributed by atoms with E-state index in [0.29, 0.717) is 0 Å². The van der Waals surface area contributed by atoms with Gasteiger partial charge in [-0.3, -0.25) is 0 Å². The summed E-state index contributed by atoms with van der Waals surface area (Å²) in [7, 11) is 0. The molecule has 0 N–H and O–H groups in total. The van der Waals surface area contributed by atoms with Crippen molar-refractivity contribution in [1.29, 1.82) is 0 Å². The molecule has 2 nitrogen and oxygen atoms in total. The molecule has 9 aromatic carbocycles. The molecular weight excluding hydrogens is 723 g/mol. The van der Waals surface area contributed by atoms with Crippen LogP contribution in [0.1, 0.15) is 25.0 Å². The highest BCUT2D eigenvalue weighted by Crippen LogP contribution is 2.52. The molecule has 0 saturated carbocycles. The van der Waals surface area contributed by atoms with Crippen molar-refractivity contribution in [3.8, 4) is 33.4 Å². The molecule has 0 aliphatic heterocycles. The van der Waals surface area contributed by atoms with E-state index in [4.69, 9.17) is 4.42 Å². The van der Waals surface area contributed by atoms with Crippen LogP contribution in [0, 0.1) is 0 Å². The summed E-state index contributed by atoms with van der Waals surface area (Å²) < 4.78 is 9.32. The first-order chi connectivity index (χ1) is 28.5. The van der Waals surface area contributed by atoms with Gasteiger partial charge in [0.25, 0.3) is 0 Å². The highest BCUT2D eigenvalue weighted by molar-refractivity contribution is 7.26. The predicted octanol–water partition coefficient (Wildman–Crippen LogP) is 16.2. The monoisotopic (exact) mass is 759 g/mol. The van der Waals surface area contributed by atoms with Gasteiger partial charge in [-0.25, -0.2) is 0 Å². The molecule has 1 aliphatic carbocycles. The smallest absolute Gasteiger partial charge is 0.143 e. The van der Waals surface area contributed by atoms with Crippen LogP contribution in [0.2, 0.25) is 0 Å². The number of benzene rings is 9. The molecule has 2 aromatic heterocycles. The summed E-state index contributed by atoms with van der Waals surface area (Å²) in [4.78, 5) is 2.43. The average Bonchev–Trinajstić information content (AvgIpc) is 3.93. The van der Waals surface area contributed by atoms with Crippen molar-refractivity contribution in [3.63, 3.8) is 0 Å². The van der Waals surface area contributed by atoms with E-state index >= 15 is 0 Å². The third-order valence-corrected chi connectivity index (χ3v) is 13.6. The van der Waals surface area contributed by atoms with Gasteiger partial charge in [0.05, 0.1) is 5.69 Å². The molecule has 0 spiro atoms. The van der Waals surface area contributed by atoms with Crippen LogP contribution >= 0.6 is 11.3 Å². The van der Waals surface area contributed by atoms with Crippen LogP contribution < -0.4 is 4.90 Å². The van der Waals surface area contributed by atoms with Crippen LogP contribution in [0.4, 0.5) is 17.1 Å². The molecule has 274 valence electrons. The van der Waals surface area contributed by atoms with Gasteiger partial charge in [0, 0.05) is 58.7 Å². The Labute approximate surface area is 340 Å². The Kier molecular flexibility index (Phi) is 7.18. The largest absolute Gasteiger partial charge is 0.455 e. The maximum absolute atomic E-state index is 6.74. The molecular formula is C55H37NOS. The number of hydrogen-bond donors (Lipinski definition) is 0. The summed E-state index contributed by atoms with van der Waals surface area (Å²) in [6, 6.07) is 68.8. The zero-order chi connectivity index (χ0) is 38.5. The highest BCUT2D eigenvalue weighted by atomic mass is 32.1. The Morgan fingerprint density at radius 2 is 1.02 bits per heavy atom. The van der Waals surface area contributed by atoms with Gasteiger partial charge >= 0.3 is 0 Å². The fraction of sp³-hybridized carbons (Fsp3) is 0.0545. The SMILES string of the molecule is CC1(C)c2ccccc2-c2c(-c3ccc(N(c4ccc(-c5cccc6c5oc5c7ccccc7ccc65)cc4)c4cccc5sc6ccccc6c45)cc3)cccc21. The van der Waals surface area contributed by atoms with E-state index in [1.54, 1.807) is 0 Å². The quantitative estimate of drug-likeness (QED) is 0.174. The van der Waals surface area contributed by atoms with Gasteiger partial charge in [-0.15, -0.1) is 11.3 Å². The molecule has 3 heteroatoms. The fourth-order valence-corrected chi connectivity index (χ4v) is 10.8. The van der Waals surface area contributed by atoms with Gasteiger partial charge in [-0.1, -0.05) is 153 Å². The molecule has 11 aromatic rings. The Morgan fingerprint density at radius 3 is 1.84 bits per heavy atom. The lowest BCUT2D eigenvalue weighted by atomic mass is 9.82. The Hall–Kier alpha value is -6.94. The highest BCUT2D eigenvalue weighted by Gasteiger charge is 2.36. The average molecular weight is 760 g/mol. The number of thiophene rings is 1. The first kappa shape index (κ1) is 33.2. The lowest BCUT2D eigenvalue weighted by molar-refractivity contribution is 0.660. The summed E-state index contributed by atoms with van der Waals surface area (Å²) in [5.41, 5.74) is 15.4. The molecule has 0 atom stereocenters. The number of fused-ring (bicyclic) bond motifs is 11. The van der Waals surface area contributed by atoms with Crippen LogP contribution in [0.15, 0.2) is 192 Å². The molecule has 0 amide bonds. The molecule has 1 aliphatic rings. The summed E-state index contributed by atoms with van der Waals surface area (Å²) in [6.45, 7) is 4.70. The third-order valence-electron chi connectivity index (χ3n) is 12.5. The summed E-state index contributed by atoms with van der Waals surface area (Å²) in [5.74, 6) is 0. The Morgan fingerprint density at radius 1 is 0.431 bits per heavy atom. The van der Waals surface area contributed by atoms with Gasteiger partial charge in [0.1, 0.15) is 11.2 Å². The molecule has 58 heavy (non-hydrogen) atoms. The first-order valence-electron chi connectivity index (χ1n) is 20.0. The lowest BCUT2D eigenvalue weighted by Gasteiger charge is -2.27. The number of rotatable bonds is 5. The van der Waals surface area contributed by atoms with Crippen LogP contribution in [0.5, 0.6) is 0 Å². The van der Waals surface area contributed by atoms with Crippen LogP contribution in [0.3, 0.4) is 0 Å². The molecule has 2 heterocycles. The van der Waals surface area contributed by atoms with Crippen molar-refractivity contribution in [2.24, 2.45) is 0 Å². The van der Waals surface area contributed by atoms with Gasteiger partial charge in [0.15, 0.2) is 0 Å². The van der Waals surface area contributed by atoms with E-state index in [2.05, 4.69) is 207 Å². The zero-order valence-corrected chi connectivity index (χ0v) is 33.0. The second-order valence-electron chi connectivity index (χ2n) is 16.0. The number of para-hydroxylation sites is 1. The second-order valence-corrected chi connectivity index (χ2v) is 17.1. The number of nitrogens with zero attached hydrogens (tertiary/aromatic N) is 1. The number of hydrogen-bond acceptors (Lipinski definition) is 3. The van der Waals surface area contributed by atoms with E-state index < -0.39 is 0 Å². The van der Waals surface area contributed by atoms with Crippen molar-refractivity contribution in [3.05, 3.63) is 199 Å². The Bertz CT molecular complexity index is 3420. The van der Waals surface area contributed by atoms with Gasteiger partial charge in [-0.05, 0) is 92.9 Å². The van der Waals surface area contributed by atoms with E-state index in [9.17, 15) is 0 Å². The molecule has 0 fully saturated rings. The van der Waals surface area contributed by atoms with Crippen LogP contribution in [0.25, 0.3) is 86.3 Å². The third kappa shape index (κ3) is 4.84.